The van der Waals surface area contributed by atoms with E-state index in [0.717, 1.165) is 16.2 Å². The Kier molecular flexibility index (Phi) is 3.99. The average Bonchev–Trinajstić information content (AvgIpc) is 3.12. The topological polar surface area (TPSA) is 80.2 Å². The van der Waals surface area contributed by atoms with Crippen LogP contribution in [0.2, 0.25) is 0 Å². The van der Waals surface area contributed by atoms with Crippen molar-refractivity contribution >= 4 is 11.8 Å². The summed E-state index contributed by atoms with van der Waals surface area (Å²) in [4.78, 5) is 17.4. The Morgan fingerprint density at radius 3 is 2.46 bits per heavy atom. The Morgan fingerprint density at radius 2 is 1.62 bits per heavy atom. The highest BCUT2D eigenvalue weighted by molar-refractivity contribution is 7.99. The molecule has 0 saturated heterocycles. The number of nitrogens with one attached hydrogen (secondary N) is 1. The Bertz CT molecular complexity index is 939. The molecule has 24 heavy (non-hydrogen) atoms. The van der Waals surface area contributed by atoms with E-state index in [9.17, 15) is 0 Å². The highest BCUT2D eigenvalue weighted by atomic mass is 32.2. The Morgan fingerprint density at radius 1 is 0.792 bits per heavy atom. The van der Waals surface area contributed by atoms with Gasteiger partial charge in [0.2, 0.25) is 5.16 Å². The van der Waals surface area contributed by atoms with Gasteiger partial charge in [0.15, 0.2) is 11.6 Å². The third-order valence-corrected chi connectivity index (χ3v) is 4.08. The van der Waals surface area contributed by atoms with Crippen molar-refractivity contribution in [2.24, 2.45) is 0 Å². The van der Waals surface area contributed by atoms with Gasteiger partial charge in [-0.25, -0.2) is 15.0 Å². The van der Waals surface area contributed by atoms with Crippen LogP contribution in [0, 0.1) is 0 Å². The number of hydrogen-bond donors (Lipinski definition) is 1. The first-order valence-electron chi connectivity index (χ1n) is 7.27. The molecule has 0 amide bonds. The molecule has 1 aromatic carbocycles. The zero-order valence-corrected chi connectivity index (χ0v) is 13.3. The molecule has 116 valence electrons. The molecule has 3 aromatic heterocycles. The molecule has 0 atom stereocenters. The van der Waals surface area contributed by atoms with Gasteiger partial charge in [-0.1, -0.05) is 30.3 Å². The van der Waals surface area contributed by atoms with Crippen molar-refractivity contribution in [1.82, 2.24) is 30.1 Å². The molecule has 4 rings (SSSR count). The smallest absolute Gasteiger partial charge is 0.215 e. The molecular weight excluding hydrogens is 320 g/mol. The molecule has 6 nitrogen and oxygen atoms in total. The third kappa shape index (κ3) is 3.16. The molecule has 0 saturated carbocycles. The summed E-state index contributed by atoms with van der Waals surface area (Å²) >= 11 is 1.39. The van der Waals surface area contributed by atoms with E-state index >= 15 is 0 Å². The first-order chi connectivity index (χ1) is 11.9. The van der Waals surface area contributed by atoms with Crippen LogP contribution in [-0.4, -0.2) is 30.1 Å². The van der Waals surface area contributed by atoms with Crippen LogP contribution in [-0.2, 0) is 0 Å². The number of pyridine rings is 1. The van der Waals surface area contributed by atoms with Gasteiger partial charge in [0, 0.05) is 29.7 Å². The van der Waals surface area contributed by atoms with Crippen LogP contribution in [0.5, 0.6) is 0 Å². The molecule has 0 unspecified atom stereocenters. The van der Waals surface area contributed by atoms with Gasteiger partial charge < -0.3 is 0 Å². The van der Waals surface area contributed by atoms with E-state index in [-0.39, 0.29) is 0 Å². The fraction of sp³-hybridized carbons (Fsp3) is 0. The zero-order chi connectivity index (χ0) is 16.2. The molecule has 3 heterocycles. The highest BCUT2D eigenvalue weighted by Gasteiger charge is 2.09. The van der Waals surface area contributed by atoms with Crippen LogP contribution in [0.4, 0.5) is 0 Å². The average molecular weight is 332 g/mol. The molecule has 0 spiro atoms. The lowest BCUT2D eigenvalue weighted by Crippen LogP contribution is -1.90. The van der Waals surface area contributed by atoms with Gasteiger partial charge in [-0.2, -0.15) is 0 Å². The molecule has 0 aliphatic heterocycles. The zero-order valence-electron chi connectivity index (χ0n) is 12.5. The van der Waals surface area contributed by atoms with Crippen molar-refractivity contribution in [1.29, 1.82) is 0 Å². The molecule has 0 bridgehead atoms. The van der Waals surface area contributed by atoms with E-state index in [2.05, 4.69) is 30.1 Å². The van der Waals surface area contributed by atoms with Crippen molar-refractivity contribution in [3.05, 3.63) is 67.1 Å². The van der Waals surface area contributed by atoms with Gasteiger partial charge in [-0.15, -0.1) is 5.10 Å². The van der Waals surface area contributed by atoms with Crippen molar-refractivity contribution < 1.29 is 0 Å². The molecule has 4 aromatic rings. The summed E-state index contributed by atoms with van der Waals surface area (Å²) in [5, 5.41) is 8.58. The number of hydrogen-bond acceptors (Lipinski definition) is 6. The van der Waals surface area contributed by atoms with Crippen LogP contribution in [0.3, 0.4) is 0 Å². The van der Waals surface area contributed by atoms with Crippen LogP contribution < -0.4 is 0 Å². The van der Waals surface area contributed by atoms with Crippen LogP contribution in [0.1, 0.15) is 0 Å². The van der Waals surface area contributed by atoms with E-state index in [1.54, 1.807) is 18.6 Å². The summed E-state index contributed by atoms with van der Waals surface area (Å²) in [5.41, 5.74) is 1.92. The fourth-order valence-electron chi connectivity index (χ4n) is 2.15. The van der Waals surface area contributed by atoms with E-state index in [4.69, 9.17) is 0 Å². The minimum Gasteiger partial charge on any atom is -0.265 e. The SMILES string of the molecule is c1ccc(-c2nccc(Sc3n[nH]c(-c4ccncc4)n3)n2)cc1. The second kappa shape index (κ2) is 6.59. The summed E-state index contributed by atoms with van der Waals surface area (Å²) < 4.78 is 0. The first-order valence-corrected chi connectivity index (χ1v) is 8.09. The van der Waals surface area contributed by atoms with Gasteiger partial charge in [-0.3, -0.25) is 10.1 Å². The number of nitrogens with zero attached hydrogens (tertiary/aromatic N) is 5. The maximum atomic E-state index is 4.57. The molecular formula is C17H12N6S. The summed E-state index contributed by atoms with van der Waals surface area (Å²) in [6.07, 6.45) is 5.19. The molecule has 0 fully saturated rings. The van der Waals surface area contributed by atoms with E-state index in [1.807, 2.05) is 48.5 Å². The van der Waals surface area contributed by atoms with Gasteiger partial charge in [0.1, 0.15) is 5.03 Å². The quantitative estimate of drug-likeness (QED) is 0.576. The molecule has 7 heteroatoms. The molecule has 0 aliphatic carbocycles. The minimum atomic E-state index is 0.611. The van der Waals surface area contributed by atoms with Crippen LogP contribution >= 0.6 is 11.8 Å². The van der Waals surface area contributed by atoms with Crippen molar-refractivity contribution in [3.8, 4) is 22.8 Å². The first kappa shape index (κ1) is 14.5. The fourth-order valence-corrected chi connectivity index (χ4v) is 2.83. The van der Waals surface area contributed by atoms with Crippen LogP contribution in [0.25, 0.3) is 22.8 Å². The van der Waals surface area contributed by atoms with E-state index < -0.39 is 0 Å². The Balaban J connectivity index is 1.57. The number of aromatic nitrogens is 6. The lowest BCUT2D eigenvalue weighted by molar-refractivity contribution is 0.964. The maximum absolute atomic E-state index is 4.57. The molecule has 1 N–H and O–H groups in total. The summed E-state index contributed by atoms with van der Waals surface area (Å²) in [6.45, 7) is 0. The van der Waals surface area contributed by atoms with Gasteiger partial charge in [-0.05, 0) is 30.0 Å². The van der Waals surface area contributed by atoms with Crippen molar-refractivity contribution in [2.45, 2.75) is 10.2 Å². The predicted molar refractivity (Wildman–Crippen MR) is 91.2 cm³/mol. The summed E-state index contributed by atoms with van der Waals surface area (Å²) in [6, 6.07) is 15.5. The maximum Gasteiger partial charge on any atom is 0.215 e. The summed E-state index contributed by atoms with van der Waals surface area (Å²) in [7, 11) is 0. The number of benzene rings is 1. The third-order valence-electron chi connectivity index (χ3n) is 3.28. The standard InChI is InChI=1S/C17H12N6S/c1-2-4-12(5-3-1)15-19-11-8-14(20-15)24-17-21-16(22-23-17)13-6-9-18-10-7-13/h1-11H,(H,21,22,23). The van der Waals surface area contributed by atoms with Gasteiger partial charge >= 0.3 is 0 Å². The largest absolute Gasteiger partial charge is 0.265 e. The monoisotopic (exact) mass is 332 g/mol. The normalized spacial score (nSPS) is 10.7. The number of rotatable bonds is 4. The lowest BCUT2D eigenvalue weighted by Gasteiger charge is -2.01. The number of H-pyrrole nitrogens is 1. The van der Waals surface area contributed by atoms with Crippen molar-refractivity contribution in [2.75, 3.05) is 0 Å². The number of aromatic amines is 1. The van der Waals surface area contributed by atoms with Gasteiger partial charge in [0.05, 0.1) is 0 Å². The Labute approximate surface area is 142 Å². The summed E-state index contributed by atoms with van der Waals surface area (Å²) in [5.74, 6) is 1.39. The minimum absolute atomic E-state index is 0.611. The second-order valence-corrected chi connectivity index (χ2v) is 5.88. The van der Waals surface area contributed by atoms with Gasteiger partial charge in [0.25, 0.3) is 0 Å². The highest BCUT2D eigenvalue weighted by Crippen LogP contribution is 2.26. The predicted octanol–water partition coefficient (Wildman–Crippen LogP) is 3.47. The second-order valence-electron chi connectivity index (χ2n) is 4.89. The van der Waals surface area contributed by atoms with Crippen molar-refractivity contribution in [3.63, 3.8) is 0 Å². The lowest BCUT2D eigenvalue weighted by atomic mass is 10.2. The molecule has 0 radical (unpaired) electrons. The van der Waals surface area contributed by atoms with E-state index in [0.29, 0.717) is 16.8 Å². The van der Waals surface area contributed by atoms with E-state index in [1.165, 1.54) is 11.8 Å². The van der Waals surface area contributed by atoms with Crippen LogP contribution in [0.15, 0.2) is 77.3 Å². The Hall–Kier alpha value is -3.06. The molecule has 0 aliphatic rings.